The topological polar surface area (TPSA) is 97.7 Å². The molecule has 2 aromatic heterocycles. The number of hydrogen-bond acceptors (Lipinski definition) is 6. The second-order valence-electron chi connectivity index (χ2n) is 8.98. The Morgan fingerprint density at radius 2 is 2.11 bits per heavy atom. The van der Waals surface area contributed by atoms with Gasteiger partial charge in [-0.1, -0.05) is 6.07 Å². The third kappa shape index (κ3) is 5.04. The molecule has 3 atom stereocenters. The largest absolute Gasteiger partial charge is 0.494 e. The summed E-state index contributed by atoms with van der Waals surface area (Å²) in [6.07, 6.45) is 7.26. The maximum atomic E-state index is 11.8. The molecule has 1 aromatic carbocycles. The van der Waals surface area contributed by atoms with Gasteiger partial charge in [0.25, 0.3) is 0 Å². The van der Waals surface area contributed by atoms with E-state index in [1.165, 1.54) is 7.11 Å². The van der Waals surface area contributed by atoms with E-state index in [4.69, 9.17) is 21.7 Å². The number of aromatic nitrogens is 2. The van der Waals surface area contributed by atoms with E-state index in [0.29, 0.717) is 16.5 Å². The summed E-state index contributed by atoms with van der Waals surface area (Å²) in [5, 5.41) is 4.01. The lowest BCUT2D eigenvalue weighted by molar-refractivity contribution is 0.0961. The summed E-state index contributed by atoms with van der Waals surface area (Å²) in [4.78, 5) is 6.66. The molecule has 2 aliphatic heterocycles. The number of pyridine rings is 1. The van der Waals surface area contributed by atoms with Gasteiger partial charge in [0.1, 0.15) is 11.8 Å². The molecule has 5 rings (SSSR count). The highest BCUT2D eigenvalue weighted by molar-refractivity contribution is 7.92. The number of hydrogen-bond donors (Lipinski definition) is 2. The third-order valence-corrected chi connectivity index (χ3v) is 7.35. The summed E-state index contributed by atoms with van der Waals surface area (Å²) in [5.41, 5.74) is 3.09. The average molecular weight is 528 g/mol. The van der Waals surface area contributed by atoms with Crippen molar-refractivity contribution in [2.45, 2.75) is 37.6 Å². The van der Waals surface area contributed by atoms with Crippen LogP contribution in [-0.2, 0) is 21.3 Å². The van der Waals surface area contributed by atoms with E-state index in [0.717, 1.165) is 49.3 Å². The molecule has 0 saturated carbocycles. The predicted molar refractivity (Wildman–Crippen MR) is 143 cm³/mol. The van der Waals surface area contributed by atoms with E-state index in [1.54, 1.807) is 18.3 Å². The van der Waals surface area contributed by atoms with Crippen LogP contribution in [0.15, 0.2) is 60.9 Å². The molecule has 2 fully saturated rings. The van der Waals surface area contributed by atoms with Crippen LogP contribution in [-0.4, -0.2) is 49.2 Å². The van der Waals surface area contributed by atoms with Crippen LogP contribution in [0.2, 0.25) is 0 Å². The zero-order chi connectivity index (χ0) is 25.3. The molecular formula is C25H29N5O4S2. The van der Waals surface area contributed by atoms with Crippen molar-refractivity contribution >= 4 is 38.7 Å². The molecule has 0 bridgehead atoms. The first-order valence-electron chi connectivity index (χ1n) is 11.8. The van der Waals surface area contributed by atoms with Crippen LogP contribution in [0, 0.1) is 0 Å². The van der Waals surface area contributed by atoms with Crippen LogP contribution < -0.4 is 19.7 Å². The molecule has 2 N–H and O–H groups in total. The number of methoxy groups -OCH3 is 1. The standard InChI is InChI=1S/C25H29N5O4S2/c1-33-22-15-17(10-11-19(22)28-36(2,31)32)30-24(23(27-25(30)35)20-8-3-4-12-26-20)21-9-5-13-29(21)16-18-7-6-14-34-18/h3-5,8-13,15,18,23-24,28H,6-7,14,16H2,1-2H3,(H,27,35)/t18-,23-,24+/m0/s1. The number of thiocarbonyl (C=S) groups is 1. The SMILES string of the molecule is COc1cc(N2C(=S)N[C@@H](c3ccccn3)[C@H]2c2cccn2C[C@@H]2CCCO2)ccc1NS(C)(=O)=O. The molecule has 36 heavy (non-hydrogen) atoms. The maximum Gasteiger partial charge on any atom is 0.229 e. The van der Waals surface area contributed by atoms with Crippen LogP contribution in [0.1, 0.15) is 36.3 Å². The molecule has 2 saturated heterocycles. The van der Waals surface area contributed by atoms with Gasteiger partial charge < -0.3 is 24.3 Å². The summed E-state index contributed by atoms with van der Waals surface area (Å²) in [7, 11) is -1.96. The van der Waals surface area contributed by atoms with Crippen molar-refractivity contribution in [3.8, 4) is 5.75 Å². The minimum Gasteiger partial charge on any atom is -0.494 e. The van der Waals surface area contributed by atoms with Crippen LogP contribution in [0.5, 0.6) is 5.75 Å². The minimum atomic E-state index is -3.47. The summed E-state index contributed by atoms with van der Waals surface area (Å²) >= 11 is 5.84. The summed E-state index contributed by atoms with van der Waals surface area (Å²) < 4.78 is 39.8. The fraction of sp³-hybridized carbons (Fsp3) is 0.360. The first-order valence-corrected chi connectivity index (χ1v) is 14.1. The molecule has 0 aliphatic carbocycles. The highest BCUT2D eigenvalue weighted by Gasteiger charge is 2.42. The molecule has 0 amide bonds. The Kier molecular flexibility index (Phi) is 6.87. The number of ether oxygens (including phenoxy) is 2. The molecule has 0 spiro atoms. The van der Waals surface area contributed by atoms with Crippen molar-refractivity contribution < 1.29 is 17.9 Å². The molecule has 4 heterocycles. The summed E-state index contributed by atoms with van der Waals surface area (Å²) in [6, 6.07) is 14.9. The molecule has 0 unspecified atom stereocenters. The molecule has 190 valence electrons. The van der Waals surface area contributed by atoms with Crippen LogP contribution in [0.3, 0.4) is 0 Å². The Hall–Kier alpha value is -3.15. The van der Waals surface area contributed by atoms with E-state index in [2.05, 4.69) is 31.9 Å². The van der Waals surface area contributed by atoms with Gasteiger partial charge in [-0.05, 0) is 61.5 Å². The Labute approximate surface area is 216 Å². The Morgan fingerprint density at radius 3 is 2.81 bits per heavy atom. The monoisotopic (exact) mass is 527 g/mol. The number of nitrogens with zero attached hydrogens (tertiary/aromatic N) is 3. The van der Waals surface area contributed by atoms with Gasteiger partial charge in [-0.15, -0.1) is 0 Å². The number of rotatable bonds is 8. The van der Waals surface area contributed by atoms with Crippen molar-refractivity contribution in [1.82, 2.24) is 14.9 Å². The Balaban J connectivity index is 1.57. The van der Waals surface area contributed by atoms with Gasteiger partial charge in [0.2, 0.25) is 10.0 Å². The number of nitrogens with one attached hydrogen (secondary N) is 2. The van der Waals surface area contributed by atoms with Crippen molar-refractivity contribution in [1.29, 1.82) is 0 Å². The third-order valence-electron chi connectivity index (χ3n) is 6.45. The van der Waals surface area contributed by atoms with Crippen molar-refractivity contribution in [3.63, 3.8) is 0 Å². The molecule has 11 heteroatoms. The smallest absolute Gasteiger partial charge is 0.229 e. The average Bonchev–Trinajstić information content (AvgIpc) is 3.60. The lowest BCUT2D eigenvalue weighted by Crippen LogP contribution is -2.31. The molecule has 0 radical (unpaired) electrons. The summed E-state index contributed by atoms with van der Waals surface area (Å²) in [6.45, 7) is 1.56. The van der Waals surface area contributed by atoms with Gasteiger partial charge in [-0.2, -0.15) is 0 Å². The lowest BCUT2D eigenvalue weighted by Gasteiger charge is -2.30. The normalized spacial score (nSPS) is 22.0. The Morgan fingerprint density at radius 1 is 1.25 bits per heavy atom. The van der Waals surface area contributed by atoms with Crippen molar-refractivity contribution in [3.05, 3.63) is 72.3 Å². The van der Waals surface area contributed by atoms with E-state index in [9.17, 15) is 8.42 Å². The second-order valence-corrected chi connectivity index (χ2v) is 11.1. The summed E-state index contributed by atoms with van der Waals surface area (Å²) in [5.74, 6) is 0.399. The van der Waals surface area contributed by atoms with Gasteiger partial charge in [-0.25, -0.2) is 8.42 Å². The van der Waals surface area contributed by atoms with Crippen LogP contribution in [0.4, 0.5) is 11.4 Å². The molecular weight excluding hydrogens is 498 g/mol. The van der Waals surface area contributed by atoms with Gasteiger partial charge in [0, 0.05) is 43.0 Å². The highest BCUT2D eigenvalue weighted by atomic mass is 32.2. The second kappa shape index (κ2) is 10.1. The number of benzene rings is 1. The van der Waals surface area contributed by atoms with Gasteiger partial charge in [0.05, 0.1) is 36.9 Å². The van der Waals surface area contributed by atoms with Gasteiger partial charge >= 0.3 is 0 Å². The van der Waals surface area contributed by atoms with Crippen molar-refractivity contribution in [2.75, 3.05) is 29.6 Å². The van der Waals surface area contributed by atoms with Crippen LogP contribution >= 0.6 is 12.2 Å². The van der Waals surface area contributed by atoms with E-state index < -0.39 is 10.0 Å². The lowest BCUT2D eigenvalue weighted by atomic mass is 10.0. The van der Waals surface area contributed by atoms with Gasteiger partial charge in [-0.3, -0.25) is 9.71 Å². The first-order chi connectivity index (χ1) is 17.3. The first kappa shape index (κ1) is 24.5. The predicted octanol–water partition coefficient (Wildman–Crippen LogP) is 3.62. The van der Waals surface area contributed by atoms with Crippen molar-refractivity contribution in [2.24, 2.45) is 0 Å². The zero-order valence-electron chi connectivity index (χ0n) is 20.1. The molecule has 2 aliphatic rings. The number of sulfonamides is 1. The Bertz CT molecular complexity index is 1340. The van der Waals surface area contributed by atoms with E-state index in [1.807, 2.05) is 35.2 Å². The minimum absolute atomic E-state index is 0.181. The molecule has 3 aromatic rings. The zero-order valence-corrected chi connectivity index (χ0v) is 21.8. The quantitative estimate of drug-likeness (QED) is 0.429. The van der Waals surface area contributed by atoms with Crippen LogP contribution in [0.25, 0.3) is 0 Å². The van der Waals surface area contributed by atoms with E-state index in [-0.39, 0.29) is 18.2 Å². The fourth-order valence-corrected chi connectivity index (χ4v) is 5.83. The molecule has 9 nitrogen and oxygen atoms in total. The van der Waals surface area contributed by atoms with Gasteiger partial charge in [0.15, 0.2) is 5.11 Å². The van der Waals surface area contributed by atoms with E-state index >= 15 is 0 Å². The highest BCUT2D eigenvalue weighted by Crippen LogP contribution is 2.43. The fourth-order valence-electron chi connectivity index (χ4n) is 4.92. The number of anilines is 2. The maximum absolute atomic E-state index is 11.8.